The Morgan fingerprint density at radius 3 is 3.06 bits per heavy atom. The molecule has 0 unspecified atom stereocenters. The van der Waals surface area contributed by atoms with Crippen LogP contribution in [0.4, 0.5) is 5.95 Å². The molecule has 6 heteroatoms. The SMILES string of the molecule is CCOC(=O)[C@@H]1C[C@@H](Nc2ncccn2)CN1. The lowest BCUT2D eigenvalue weighted by Crippen LogP contribution is -2.32. The lowest BCUT2D eigenvalue weighted by atomic mass is 10.2. The average molecular weight is 236 g/mol. The Kier molecular flexibility index (Phi) is 3.87. The van der Waals surface area contributed by atoms with E-state index in [-0.39, 0.29) is 18.1 Å². The lowest BCUT2D eigenvalue weighted by Gasteiger charge is -2.11. The van der Waals surface area contributed by atoms with Crippen LogP contribution in [0.5, 0.6) is 0 Å². The van der Waals surface area contributed by atoms with Crippen molar-refractivity contribution in [2.45, 2.75) is 25.4 Å². The third-order valence-electron chi connectivity index (χ3n) is 2.60. The Morgan fingerprint density at radius 2 is 2.35 bits per heavy atom. The summed E-state index contributed by atoms with van der Waals surface area (Å²) in [6.45, 7) is 2.93. The maximum absolute atomic E-state index is 11.5. The molecule has 2 rings (SSSR count). The zero-order valence-corrected chi connectivity index (χ0v) is 9.72. The molecule has 1 aliphatic heterocycles. The van der Waals surface area contributed by atoms with Gasteiger partial charge in [-0.05, 0) is 19.4 Å². The first-order chi connectivity index (χ1) is 8.29. The maximum atomic E-state index is 11.5. The second-order valence-corrected chi connectivity index (χ2v) is 3.86. The number of rotatable bonds is 4. The van der Waals surface area contributed by atoms with Gasteiger partial charge in [-0.15, -0.1) is 0 Å². The van der Waals surface area contributed by atoms with E-state index in [2.05, 4.69) is 20.6 Å². The van der Waals surface area contributed by atoms with Gasteiger partial charge < -0.3 is 15.4 Å². The van der Waals surface area contributed by atoms with Crippen molar-refractivity contribution in [1.82, 2.24) is 15.3 Å². The van der Waals surface area contributed by atoms with Gasteiger partial charge in [0.25, 0.3) is 0 Å². The molecule has 1 fully saturated rings. The summed E-state index contributed by atoms with van der Waals surface area (Å²) in [4.78, 5) is 19.7. The zero-order valence-electron chi connectivity index (χ0n) is 9.72. The first-order valence-corrected chi connectivity index (χ1v) is 5.73. The minimum atomic E-state index is -0.226. The Morgan fingerprint density at radius 1 is 1.59 bits per heavy atom. The zero-order chi connectivity index (χ0) is 12.1. The molecular formula is C11H16N4O2. The molecule has 17 heavy (non-hydrogen) atoms. The molecule has 6 nitrogen and oxygen atoms in total. The van der Waals surface area contributed by atoms with Crippen LogP contribution in [0, 0.1) is 0 Å². The Balaban J connectivity index is 1.84. The van der Waals surface area contributed by atoms with Gasteiger partial charge in [0.05, 0.1) is 6.61 Å². The van der Waals surface area contributed by atoms with Crippen molar-refractivity contribution < 1.29 is 9.53 Å². The van der Waals surface area contributed by atoms with Crippen LogP contribution in [0.3, 0.4) is 0 Å². The first kappa shape index (κ1) is 11.8. The summed E-state index contributed by atoms with van der Waals surface area (Å²) in [5, 5.41) is 6.29. The quantitative estimate of drug-likeness (QED) is 0.726. The van der Waals surface area contributed by atoms with Crippen LogP contribution >= 0.6 is 0 Å². The third kappa shape index (κ3) is 3.13. The smallest absolute Gasteiger partial charge is 0.323 e. The van der Waals surface area contributed by atoms with E-state index in [4.69, 9.17) is 4.74 Å². The summed E-state index contributed by atoms with van der Waals surface area (Å²) in [5.74, 6) is 0.398. The van der Waals surface area contributed by atoms with Crippen molar-refractivity contribution in [1.29, 1.82) is 0 Å². The second kappa shape index (κ2) is 5.58. The molecule has 0 aliphatic carbocycles. The van der Waals surface area contributed by atoms with E-state index in [1.54, 1.807) is 25.4 Å². The number of carbonyl (C=O) groups is 1. The summed E-state index contributed by atoms with van der Waals surface area (Å²) in [7, 11) is 0. The van der Waals surface area contributed by atoms with E-state index in [0.717, 1.165) is 0 Å². The first-order valence-electron chi connectivity index (χ1n) is 5.73. The Bertz CT molecular complexity index is 371. The predicted molar refractivity (Wildman–Crippen MR) is 62.5 cm³/mol. The molecule has 0 aromatic carbocycles. The molecule has 1 aliphatic rings. The van der Waals surface area contributed by atoms with Gasteiger partial charge in [-0.25, -0.2) is 9.97 Å². The Labute approximate surface area is 99.8 Å². The number of hydrogen-bond acceptors (Lipinski definition) is 6. The van der Waals surface area contributed by atoms with Crippen molar-refractivity contribution in [3.8, 4) is 0 Å². The molecular weight excluding hydrogens is 220 g/mol. The van der Waals surface area contributed by atoms with Crippen LogP contribution in [-0.4, -0.2) is 41.2 Å². The molecule has 0 bridgehead atoms. The molecule has 2 heterocycles. The number of ether oxygens (including phenoxy) is 1. The molecule has 1 aromatic rings. The molecule has 2 N–H and O–H groups in total. The summed E-state index contributed by atoms with van der Waals surface area (Å²) in [6.07, 6.45) is 4.05. The predicted octanol–water partition coefficient (Wildman–Crippen LogP) is 0.182. The van der Waals surface area contributed by atoms with E-state index in [1.807, 2.05) is 0 Å². The maximum Gasteiger partial charge on any atom is 0.323 e. The lowest BCUT2D eigenvalue weighted by molar-refractivity contribution is -0.145. The molecule has 2 atom stereocenters. The molecule has 1 aromatic heterocycles. The summed E-state index contributed by atoms with van der Waals surface area (Å²) in [6, 6.07) is 1.70. The van der Waals surface area contributed by atoms with Gasteiger partial charge in [0.15, 0.2) is 0 Å². The molecule has 0 amide bonds. The summed E-state index contributed by atoms with van der Waals surface area (Å²) >= 11 is 0. The number of anilines is 1. The van der Waals surface area contributed by atoms with Crippen LogP contribution in [0.2, 0.25) is 0 Å². The van der Waals surface area contributed by atoms with Crippen LogP contribution in [-0.2, 0) is 9.53 Å². The van der Waals surface area contributed by atoms with E-state index < -0.39 is 0 Å². The van der Waals surface area contributed by atoms with Crippen molar-refractivity contribution in [2.24, 2.45) is 0 Å². The highest BCUT2D eigenvalue weighted by Crippen LogP contribution is 2.12. The molecule has 92 valence electrons. The van der Waals surface area contributed by atoms with Crippen LogP contribution in [0.1, 0.15) is 13.3 Å². The van der Waals surface area contributed by atoms with Gasteiger partial charge >= 0.3 is 5.97 Å². The fourth-order valence-electron chi connectivity index (χ4n) is 1.82. The number of nitrogens with zero attached hydrogens (tertiary/aromatic N) is 2. The molecule has 0 saturated carbocycles. The number of esters is 1. The highest BCUT2D eigenvalue weighted by atomic mass is 16.5. The number of carbonyl (C=O) groups excluding carboxylic acids is 1. The highest BCUT2D eigenvalue weighted by molar-refractivity contribution is 5.76. The van der Waals surface area contributed by atoms with Crippen LogP contribution in [0.15, 0.2) is 18.5 Å². The van der Waals surface area contributed by atoms with Crippen molar-refractivity contribution in [3.63, 3.8) is 0 Å². The fourth-order valence-corrected chi connectivity index (χ4v) is 1.82. The van der Waals surface area contributed by atoms with Crippen LogP contribution in [0.25, 0.3) is 0 Å². The minimum Gasteiger partial charge on any atom is -0.465 e. The summed E-state index contributed by atoms with van der Waals surface area (Å²) < 4.78 is 4.96. The number of nitrogens with one attached hydrogen (secondary N) is 2. The number of aromatic nitrogens is 2. The third-order valence-corrected chi connectivity index (χ3v) is 2.60. The Hall–Kier alpha value is -1.69. The van der Waals surface area contributed by atoms with Crippen molar-refractivity contribution >= 4 is 11.9 Å². The highest BCUT2D eigenvalue weighted by Gasteiger charge is 2.30. The van der Waals surface area contributed by atoms with Crippen molar-refractivity contribution in [3.05, 3.63) is 18.5 Å². The number of hydrogen-bond donors (Lipinski definition) is 2. The van der Waals surface area contributed by atoms with Gasteiger partial charge in [-0.3, -0.25) is 4.79 Å². The van der Waals surface area contributed by atoms with E-state index in [1.165, 1.54) is 0 Å². The van der Waals surface area contributed by atoms with E-state index in [0.29, 0.717) is 25.5 Å². The second-order valence-electron chi connectivity index (χ2n) is 3.86. The van der Waals surface area contributed by atoms with Crippen molar-refractivity contribution in [2.75, 3.05) is 18.5 Å². The normalized spacial score (nSPS) is 23.4. The monoisotopic (exact) mass is 236 g/mol. The van der Waals surface area contributed by atoms with Gasteiger partial charge in [-0.2, -0.15) is 0 Å². The van der Waals surface area contributed by atoms with Gasteiger partial charge in [-0.1, -0.05) is 0 Å². The fraction of sp³-hybridized carbons (Fsp3) is 0.545. The van der Waals surface area contributed by atoms with E-state index in [9.17, 15) is 4.79 Å². The topological polar surface area (TPSA) is 76.1 Å². The molecule has 0 radical (unpaired) electrons. The van der Waals surface area contributed by atoms with Crippen LogP contribution < -0.4 is 10.6 Å². The molecule has 0 spiro atoms. The standard InChI is InChI=1S/C11H16N4O2/c1-2-17-10(16)9-6-8(7-14-9)15-11-12-4-3-5-13-11/h3-5,8-9,14H,2,6-7H2,1H3,(H,12,13,15)/t8-,9+/m1/s1. The largest absolute Gasteiger partial charge is 0.465 e. The average Bonchev–Trinajstić information content (AvgIpc) is 2.79. The van der Waals surface area contributed by atoms with Gasteiger partial charge in [0.1, 0.15) is 6.04 Å². The van der Waals surface area contributed by atoms with Gasteiger partial charge in [0.2, 0.25) is 5.95 Å². The van der Waals surface area contributed by atoms with E-state index >= 15 is 0 Å². The van der Waals surface area contributed by atoms with Gasteiger partial charge in [0, 0.05) is 25.0 Å². The minimum absolute atomic E-state index is 0.159. The molecule has 1 saturated heterocycles. The summed E-state index contributed by atoms with van der Waals surface area (Å²) in [5.41, 5.74) is 0.